The van der Waals surface area contributed by atoms with Crippen LogP contribution in [0.25, 0.3) is 0 Å². The maximum Gasteiger partial charge on any atom is 0.274 e. The average molecular weight is 296 g/mol. The highest BCUT2D eigenvalue weighted by Crippen LogP contribution is 2.31. The fourth-order valence-corrected chi connectivity index (χ4v) is 2.14. The van der Waals surface area contributed by atoms with Crippen LogP contribution in [-0.4, -0.2) is 14.7 Å². The number of nitro benzene ring substituents is 1. The predicted molar refractivity (Wildman–Crippen MR) is 75.4 cm³/mol. The molecule has 20 heavy (non-hydrogen) atoms. The molecule has 0 saturated carbocycles. The molecule has 0 spiro atoms. The summed E-state index contributed by atoms with van der Waals surface area (Å²) in [4.78, 5) is 10.4. The normalized spacial score (nSPS) is 10.6. The van der Waals surface area contributed by atoms with Crippen LogP contribution in [-0.2, 0) is 12.9 Å². The van der Waals surface area contributed by atoms with Gasteiger partial charge < -0.3 is 4.74 Å². The van der Waals surface area contributed by atoms with Crippen molar-refractivity contribution in [1.29, 1.82) is 0 Å². The number of ether oxygens (including phenoxy) is 1. The van der Waals surface area contributed by atoms with Crippen LogP contribution in [0, 0.1) is 24.0 Å². The molecule has 1 aromatic carbocycles. The number of halogens is 1. The maximum absolute atomic E-state index is 10.9. The molecule has 0 aliphatic rings. The summed E-state index contributed by atoms with van der Waals surface area (Å²) in [6.07, 6.45) is 0. The van der Waals surface area contributed by atoms with Crippen molar-refractivity contribution < 1.29 is 9.66 Å². The summed E-state index contributed by atoms with van der Waals surface area (Å²) in [6.45, 7) is 3.74. The summed E-state index contributed by atoms with van der Waals surface area (Å²) in [5, 5.41) is 15.1. The van der Waals surface area contributed by atoms with E-state index in [1.54, 1.807) is 16.8 Å². The number of rotatable bonds is 4. The second-order valence-electron chi connectivity index (χ2n) is 4.41. The van der Waals surface area contributed by atoms with Gasteiger partial charge in [-0.1, -0.05) is 0 Å². The SMILES string of the molecule is Cc1nn(C)c(C)c1Oc1ccc([N+](=O)[O-])c(CCl)c1. The molecule has 2 rings (SSSR count). The summed E-state index contributed by atoms with van der Waals surface area (Å²) in [5.41, 5.74) is 2.06. The smallest absolute Gasteiger partial charge is 0.274 e. The fraction of sp³-hybridized carbons (Fsp3) is 0.308. The van der Waals surface area contributed by atoms with E-state index in [9.17, 15) is 10.1 Å². The van der Waals surface area contributed by atoms with Crippen molar-refractivity contribution in [3.8, 4) is 11.5 Å². The molecule has 7 heteroatoms. The van der Waals surface area contributed by atoms with E-state index >= 15 is 0 Å². The highest BCUT2D eigenvalue weighted by Gasteiger charge is 2.16. The molecule has 0 aliphatic carbocycles. The largest absolute Gasteiger partial charge is 0.453 e. The third-order valence-corrected chi connectivity index (χ3v) is 3.34. The van der Waals surface area contributed by atoms with E-state index in [2.05, 4.69) is 5.10 Å². The van der Waals surface area contributed by atoms with Crippen LogP contribution in [0.5, 0.6) is 11.5 Å². The molecule has 0 radical (unpaired) electrons. The molecule has 0 fully saturated rings. The van der Waals surface area contributed by atoms with Crippen molar-refractivity contribution in [3.63, 3.8) is 0 Å². The summed E-state index contributed by atoms with van der Waals surface area (Å²) < 4.78 is 7.49. The van der Waals surface area contributed by atoms with Crippen LogP contribution in [0.1, 0.15) is 17.0 Å². The van der Waals surface area contributed by atoms with Gasteiger partial charge in [-0.05, 0) is 26.0 Å². The lowest BCUT2D eigenvalue weighted by Crippen LogP contribution is -1.95. The highest BCUT2D eigenvalue weighted by atomic mass is 35.5. The number of nitrogens with zero attached hydrogens (tertiary/aromatic N) is 3. The standard InChI is InChI=1S/C13H14ClN3O3/c1-8-13(9(2)16(3)15-8)20-11-4-5-12(17(18)19)10(6-11)7-14/h4-6H,7H2,1-3H3. The Labute approximate surface area is 121 Å². The second-order valence-corrected chi connectivity index (χ2v) is 4.67. The van der Waals surface area contributed by atoms with E-state index in [0.717, 1.165) is 11.4 Å². The first-order valence-corrected chi connectivity index (χ1v) is 6.48. The van der Waals surface area contributed by atoms with E-state index in [-0.39, 0.29) is 11.6 Å². The van der Waals surface area contributed by atoms with Gasteiger partial charge in [0.05, 0.1) is 16.5 Å². The van der Waals surface area contributed by atoms with Crippen molar-refractivity contribution in [2.45, 2.75) is 19.7 Å². The Bertz CT molecular complexity index is 667. The Kier molecular flexibility index (Phi) is 3.94. The van der Waals surface area contributed by atoms with E-state index in [1.165, 1.54) is 6.07 Å². The quantitative estimate of drug-likeness (QED) is 0.492. The lowest BCUT2D eigenvalue weighted by molar-refractivity contribution is -0.385. The van der Waals surface area contributed by atoms with Gasteiger partial charge in [-0.25, -0.2) is 0 Å². The summed E-state index contributed by atoms with van der Waals surface area (Å²) in [6, 6.07) is 4.53. The lowest BCUT2D eigenvalue weighted by atomic mass is 10.2. The number of alkyl halides is 1. The molecule has 0 atom stereocenters. The van der Waals surface area contributed by atoms with Gasteiger partial charge in [0, 0.05) is 18.7 Å². The summed E-state index contributed by atoms with van der Waals surface area (Å²) in [5.74, 6) is 1.21. The van der Waals surface area contributed by atoms with Crippen LogP contribution in [0.4, 0.5) is 5.69 Å². The van der Waals surface area contributed by atoms with Crippen molar-refractivity contribution in [2.24, 2.45) is 7.05 Å². The van der Waals surface area contributed by atoms with Crippen molar-refractivity contribution in [1.82, 2.24) is 9.78 Å². The lowest BCUT2D eigenvalue weighted by Gasteiger charge is -2.07. The van der Waals surface area contributed by atoms with Crippen molar-refractivity contribution in [2.75, 3.05) is 0 Å². The number of aromatic nitrogens is 2. The second kappa shape index (κ2) is 5.50. The zero-order valence-corrected chi connectivity index (χ0v) is 12.1. The first kappa shape index (κ1) is 14.3. The van der Waals surface area contributed by atoms with Crippen LogP contribution in [0.15, 0.2) is 18.2 Å². The molecule has 1 aromatic heterocycles. The fourth-order valence-electron chi connectivity index (χ4n) is 1.93. The van der Waals surface area contributed by atoms with E-state index < -0.39 is 4.92 Å². The van der Waals surface area contributed by atoms with E-state index in [1.807, 2.05) is 20.9 Å². The molecule has 0 saturated heterocycles. The Morgan fingerprint density at radius 1 is 1.45 bits per heavy atom. The van der Waals surface area contributed by atoms with Gasteiger partial charge in [0.1, 0.15) is 11.4 Å². The zero-order chi connectivity index (χ0) is 14.9. The number of hydrogen-bond acceptors (Lipinski definition) is 4. The molecule has 6 nitrogen and oxygen atoms in total. The predicted octanol–water partition coefficient (Wildman–Crippen LogP) is 3.48. The van der Waals surface area contributed by atoms with E-state index in [4.69, 9.17) is 16.3 Å². The molecule has 0 N–H and O–H groups in total. The highest BCUT2D eigenvalue weighted by molar-refractivity contribution is 6.17. The Hall–Kier alpha value is -2.08. The minimum atomic E-state index is -0.456. The van der Waals surface area contributed by atoms with Crippen LogP contribution < -0.4 is 4.74 Å². The average Bonchev–Trinajstić information content (AvgIpc) is 2.65. The van der Waals surface area contributed by atoms with Crippen LogP contribution >= 0.6 is 11.6 Å². The topological polar surface area (TPSA) is 70.2 Å². The molecule has 0 amide bonds. The minimum Gasteiger partial charge on any atom is -0.453 e. The zero-order valence-electron chi connectivity index (χ0n) is 11.4. The molecule has 0 unspecified atom stereocenters. The first-order chi connectivity index (χ1) is 9.43. The number of aryl methyl sites for hydroxylation is 2. The van der Waals surface area contributed by atoms with Gasteiger partial charge >= 0.3 is 0 Å². The molecular weight excluding hydrogens is 282 g/mol. The van der Waals surface area contributed by atoms with Gasteiger partial charge in [0.2, 0.25) is 0 Å². The Balaban J connectivity index is 2.37. The Morgan fingerprint density at radius 3 is 2.65 bits per heavy atom. The minimum absolute atomic E-state index is 0.00743. The molecule has 2 aromatic rings. The van der Waals surface area contributed by atoms with Gasteiger partial charge in [-0.2, -0.15) is 5.10 Å². The molecule has 1 heterocycles. The number of hydrogen-bond donors (Lipinski definition) is 0. The molecule has 0 aliphatic heterocycles. The first-order valence-electron chi connectivity index (χ1n) is 5.95. The summed E-state index contributed by atoms with van der Waals surface area (Å²) >= 11 is 5.74. The van der Waals surface area contributed by atoms with Gasteiger partial charge in [0.25, 0.3) is 5.69 Å². The monoisotopic (exact) mass is 295 g/mol. The van der Waals surface area contributed by atoms with Gasteiger partial charge in [-0.3, -0.25) is 14.8 Å². The summed E-state index contributed by atoms with van der Waals surface area (Å²) in [7, 11) is 1.83. The van der Waals surface area contributed by atoms with Crippen LogP contribution in [0.3, 0.4) is 0 Å². The van der Waals surface area contributed by atoms with Gasteiger partial charge in [-0.15, -0.1) is 11.6 Å². The molecular formula is C13H14ClN3O3. The maximum atomic E-state index is 10.9. The van der Waals surface area contributed by atoms with Crippen LogP contribution in [0.2, 0.25) is 0 Å². The number of benzene rings is 1. The van der Waals surface area contributed by atoms with Gasteiger partial charge in [0.15, 0.2) is 5.75 Å². The molecule has 0 bridgehead atoms. The third-order valence-electron chi connectivity index (χ3n) is 3.05. The van der Waals surface area contributed by atoms with Crippen molar-refractivity contribution in [3.05, 3.63) is 45.3 Å². The third kappa shape index (κ3) is 2.60. The Morgan fingerprint density at radius 2 is 2.15 bits per heavy atom. The van der Waals surface area contributed by atoms with E-state index in [0.29, 0.717) is 17.1 Å². The number of nitro groups is 1. The van der Waals surface area contributed by atoms with Crippen molar-refractivity contribution >= 4 is 17.3 Å². The molecule has 106 valence electrons.